The first kappa shape index (κ1) is 15.8. The van der Waals surface area contributed by atoms with Gasteiger partial charge in [-0.2, -0.15) is 0 Å². The van der Waals surface area contributed by atoms with E-state index < -0.39 is 0 Å². The number of pyridine rings is 1. The topological polar surface area (TPSA) is 72.5 Å². The van der Waals surface area contributed by atoms with Crippen molar-refractivity contribution in [1.29, 1.82) is 0 Å². The van der Waals surface area contributed by atoms with E-state index in [1.165, 1.54) is 12.1 Å². The van der Waals surface area contributed by atoms with Crippen molar-refractivity contribution in [3.63, 3.8) is 0 Å². The van der Waals surface area contributed by atoms with E-state index in [-0.39, 0.29) is 11.9 Å². The number of nitrogens with one attached hydrogen (secondary N) is 1. The monoisotopic (exact) mass is 302 g/mol. The molecule has 2 rings (SSSR count). The van der Waals surface area contributed by atoms with E-state index in [1.807, 2.05) is 13.8 Å². The molecular weight excluding hydrogens is 283 g/mol. The average Bonchev–Trinajstić information content (AvgIpc) is 2.47. The first-order valence-corrected chi connectivity index (χ1v) is 6.98. The zero-order valence-corrected chi connectivity index (χ0v) is 12.6. The van der Waals surface area contributed by atoms with E-state index >= 15 is 0 Å². The standard InChI is InChI=1S/C16H19FN4O/c1-11(2)21-16(18)20-10-13-9-15(7-8-19-13)22-14-5-3-12(17)4-6-14/h3-9,11H,10H2,1-2H3,(H3,18,20,21). The molecule has 0 saturated heterocycles. The highest BCUT2D eigenvalue weighted by Crippen LogP contribution is 2.21. The molecule has 116 valence electrons. The van der Waals surface area contributed by atoms with Crippen molar-refractivity contribution in [2.45, 2.75) is 26.4 Å². The zero-order valence-electron chi connectivity index (χ0n) is 12.6. The molecule has 1 aromatic carbocycles. The highest BCUT2D eigenvalue weighted by Gasteiger charge is 2.01. The molecule has 0 amide bonds. The van der Waals surface area contributed by atoms with Crippen LogP contribution in [0, 0.1) is 5.82 Å². The van der Waals surface area contributed by atoms with Gasteiger partial charge >= 0.3 is 0 Å². The Morgan fingerprint density at radius 2 is 2.00 bits per heavy atom. The van der Waals surface area contributed by atoms with E-state index in [9.17, 15) is 4.39 Å². The molecule has 0 spiro atoms. The fraction of sp³-hybridized carbons (Fsp3) is 0.250. The summed E-state index contributed by atoms with van der Waals surface area (Å²) in [5, 5.41) is 3.01. The van der Waals surface area contributed by atoms with Crippen LogP contribution in [0.4, 0.5) is 4.39 Å². The smallest absolute Gasteiger partial charge is 0.189 e. The van der Waals surface area contributed by atoms with Gasteiger partial charge in [0.25, 0.3) is 0 Å². The van der Waals surface area contributed by atoms with Crippen molar-refractivity contribution < 1.29 is 9.13 Å². The molecule has 1 heterocycles. The Morgan fingerprint density at radius 1 is 1.27 bits per heavy atom. The van der Waals surface area contributed by atoms with E-state index in [0.29, 0.717) is 24.0 Å². The molecule has 22 heavy (non-hydrogen) atoms. The van der Waals surface area contributed by atoms with Crippen LogP contribution in [0.3, 0.4) is 0 Å². The van der Waals surface area contributed by atoms with Crippen LogP contribution in [0.1, 0.15) is 19.5 Å². The third-order valence-corrected chi connectivity index (χ3v) is 2.69. The summed E-state index contributed by atoms with van der Waals surface area (Å²) in [4.78, 5) is 8.43. The maximum Gasteiger partial charge on any atom is 0.189 e. The summed E-state index contributed by atoms with van der Waals surface area (Å²) >= 11 is 0. The number of benzene rings is 1. The quantitative estimate of drug-likeness (QED) is 0.658. The Hall–Kier alpha value is -2.63. The molecule has 0 aliphatic heterocycles. The van der Waals surface area contributed by atoms with Gasteiger partial charge in [-0.3, -0.25) is 4.98 Å². The summed E-state index contributed by atoms with van der Waals surface area (Å²) in [6, 6.07) is 9.56. The van der Waals surface area contributed by atoms with Crippen molar-refractivity contribution >= 4 is 5.96 Å². The van der Waals surface area contributed by atoms with Crippen LogP contribution in [0.25, 0.3) is 0 Å². The lowest BCUT2D eigenvalue weighted by molar-refractivity contribution is 0.479. The van der Waals surface area contributed by atoms with Gasteiger partial charge in [-0.25, -0.2) is 9.38 Å². The highest BCUT2D eigenvalue weighted by atomic mass is 19.1. The number of nitrogens with zero attached hydrogens (tertiary/aromatic N) is 2. The number of ether oxygens (including phenoxy) is 1. The van der Waals surface area contributed by atoms with E-state index in [4.69, 9.17) is 10.5 Å². The molecule has 3 N–H and O–H groups in total. The number of hydrogen-bond donors (Lipinski definition) is 2. The fourth-order valence-corrected chi connectivity index (χ4v) is 1.75. The molecule has 0 radical (unpaired) electrons. The minimum Gasteiger partial charge on any atom is -0.457 e. The largest absolute Gasteiger partial charge is 0.457 e. The molecule has 0 fully saturated rings. The van der Waals surface area contributed by atoms with Gasteiger partial charge in [-0.15, -0.1) is 0 Å². The number of rotatable bonds is 5. The summed E-state index contributed by atoms with van der Waals surface area (Å²) in [5.41, 5.74) is 6.47. The van der Waals surface area contributed by atoms with Crippen LogP contribution >= 0.6 is 0 Å². The lowest BCUT2D eigenvalue weighted by atomic mass is 10.3. The first-order chi connectivity index (χ1) is 10.5. The third kappa shape index (κ3) is 5.05. The van der Waals surface area contributed by atoms with Gasteiger partial charge in [0.2, 0.25) is 0 Å². The number of aromatic nitrogens is 1. The number of hydrogen-bond acceptors (Lipinski definition) is 3. The molecular formula is C16H19FN4O. The lowest BCUT2D eigenvalue weighted by Crippen LogP contribution is -2.36. The fourth-order valence-electron chi connectivity index (χ4n) is 1.75. The normalized spacial score (nSPS) is 11.5. The minimum absolute atomic E-state index is 0.227. The second-order valence-corrected chi connectivity index (χ2v) is 5.04. The maximum atomic E-state index is 12.9. The predicted octanol–water partition coefficient (Wildman–Crippen LogP) is 2.83. The number of aliphatic imine (C=N–C) groups is 1. The molecule has 0 saturated carbocycles. The molecule has 0 atom stereocenters. The Balaban J connectivity index is 2.02. The third-order valence-electron chi connectivity index (χ3n) is 2.69. The van der Waals surface area contributed by atoms with Crippen molar-refractivity contribution in [2.24, 2.45) is 10.7 Å². The lowest BCUT2D eigenvalue weighted by Gasteiger charge is -2.09. The van der Waals surface area contributed by atoms with Crippen LogP contribution in [0.15, 0.2) is 47.6 Å². The Morgan fingerprint density at radius 3 is 2.68 bits per heavy atom. The second kappa shape index (κ2) is 7.40. The van der Waals surface area contributed by atoms with Gasteiger partial charge < -0.3 is 15.8 Å². The average molecular weight is 302 g/mol. The second-order valence-electron chi connectivity index (χ2n) is 5.04. The molecule has 6 heteroatoms. The minimum atomic E-state index is -0.301. The number of nitrogens with two attached hydrogens (primary N) is 1. The van der Waals surface area contributed by atoms with Crippen LogP contribution in [0.5, 0.6) is 11.5 Å². The summed E-state index contributed by atoms with van der Waals surface area (Å²) in [6.07, 6.45) is 1.63. The number of guanidine groups is 1. The van der Waals surface area contributed by atoms with E-state index in [0.717, 1.165) is 5.69 Å². The van der Waals surface area contributed by atoms with Gasteiger partial charge in [0.05, 0.1) is 12.2 Å². The van der Waals surface area contributed by atoms with Crippen molar-refractivity contribution in [2.75, 3.05) is 0 Å². The Bertz CT molecular complexity index is 641. The summed E-state index contributed by atoms with van der Waals surface area (Å²) in [5.74, 6) is 1.25. The Kier molecular flexibility index (Phi) is 5.30. The maximum absolute atomic E-state index is 12.9. The molecule has 1 aromatic heterocycles. The van der Waals surface area contributed by atoms with E-state index in [2.05, 4.69) is 15.3 Å². The summed E-state index contributed by atoms with van der Waals surface area (Å²) in [7, 11) is 0. The van der Waals surface area contributed by atoms with Gasteiger partial charge in [-0.1, -0.05) is 0 Å². The van der Waals surface area contributed by atoms with Gasteiger partial charge in [0.1, 0.15) is 17.3 Å². The predicted molar refractivity (Wildman–Crippen MR) is 84.3 cm³/mol. The highest BCUT2D eigenvalue weighted by molar-refractivity contribution is 5.78. The first-order valence-electron chi connectivity index (χ1n) is 6.98. The van der Waals surface area contributed by atoms with Crippen molar-refractivity contribution in [1.82, 2.24) is 10.3 Å². The van der Waals surface area contributed by atoms with Crippen molar-refractivity contribution in [3.8, 4) is 11.5 Å². The summed E-state index contributed by atoms with van der Waals surface area (Å²) in [6.45, 7) is 4.32. The van der Waals surface area contributed by atoms with Crippen LogP contribution in [-0.4, -0.2) is 17.0 Å². The van der Waals surface area contributed by atoms with Crippen LogP contribution in [0.2, 0.25) is 0 Å². The van der Waals surface area contributed by atoms with Crippen molar-refractivity contribution in [3.05, 3.63) is 54.1 Å². The molecule has 0 aliphatic carbocycles. The van der Waals surface area contributed by atoms with Gasteiger partial charge in [-0.05, 0) is 44.2 Å². The molecule has 0 aliphatic rings. The molecule has 2 aromatic rings. The zero-order chi connectivity index (χ0) is 15.9. The van der Waals surface area contributed by atoms with E-state index in [1.54, 1.807) is 30.5 Å². The number of halogens is 1. The van der Waals surface area contributed by atoms with Gasteiger partial charge in [0, 0.05) is 18.3 Å². The summed E-state index contributed by atoms with van der Waals surface area (Å²) < 4.78 is 18.5. The molecule has 0 unspecified atom stereocenters. The SMILES string of the molecule is CC(C)NC(N)=NCc1cc(Oc2ccc(F)cc2)ccn1. The van der Waals surface area contributed by atoms with Crippen LogP contribution in [-0.2, 0) is 6.54 Å². The van der Waals surface area contributed by atoms with Gasteiger partial charge in [0.15, 0.2) is 5.96 Å². The molecule has 0 bridgehead atoms. The molecule has 5 nitrogen and oxygen atoms in total. The Labute approximate surface area is 129 Å². The van der Waals surface area contributed by atoms with Crippen LogP contribution < -0.4 is 15.8 Å².